The number of amides is 1. The highest BCUT2D eigenvalue weighted by molar-refractivity contribution is 5.94. The fourth-order valence-corrected chi connectivity index (χ4v) is 1.77. The SMILES string of the molecule is CCOc1ccc(NC(=O)CN(C)C(C)C(=O)O)c([N+](=O)[O-])c1.Cl. The van der Waals surface area contributed by atoms with Crippen LogP contribution in [0.15, 0.2) is 18.2 Å². The number of nitrogens with one attached hydrogen (secondary N) is 1. The molecule has 0 aliphatic rings. The van der Waals surface area contributed by atoms with Gasteiger partial charge in [0, 0.05) is 0 Å². The average Bonchev–Trinajstić information content (AvgIpc) is 2.47. The van der Waals surface area contributed by atoms with Gasteiger partial charge in [0.1, 0.15) is 17.5 Å². The normalized spacial score (nSPS) is 11.3. The third-order valence-corrected chi connectivity index (χ3v) is 3.16. The Morgan fingerprint density at radius 3 is 2.58 bits per heavy atom. The summed E-state index contributed by atoms with van der Waals surface area (Å²) in [6, 6.07) is 3.26. The lowest BCUT2D eigenvalue weighted by atomic mass is 10.2. The summed E-state index contributed by atoms with van der Waals surface area (Å²) in [6.45, 7) is 3.34. The molecular weight excluding hydrogens is 342 g/mol. The summed E-state index contributed by atoms with van der Waals surface area (Å²) in [5.41, 5.74) is -0.266. The van der Waals surface area contributed by atoms with E-state index in [0.717, 1.165) is 0 Å². The first-order valence-electron chi connectivity index (χ1n) is 6.90. The molecule has 24 heavy (non-hydrogen) atoms. The van der Waals surface area contributed by atoms with Crippen molar-refractivity contribution in [3.05, 3.63) is 28.3 Å². The molecule has 0 saturated carbocycles. The van der Waals surface area contributed by atoms with E-state index in [1.165, 1.54) is 37.1 Å². The molecule has 0 fully saturated rings. The Bertz CT molecular complexity index is 610. The summed E-state index contributed by atoms with van der Waals surface area (Å²) in [5.74, 6) is -1.28. The number of benzene rings is 1. The molecule has 10 heteroatoms. The van der Waals surface area contributed by atoms with Crippen molar-refractivity contribution in [2.45, 2.75) is 19.9 Å². The molecule has 0 radical (unpaired) electrons. The van der Waals surface area contributed by atoms with Crippen LogP contribution >= 0.6 is 12.4 Å². The number of ether oxygens (including phenoxy) is 1. The lowest BCUT2D eigenvalue weighted by molar-refractivity contribution is -0.384. The predicted octanol–water partition coefficient (Wildman–Crippen LogP) is 1.76. The van der Waals surface area contributed by atoms with Gasteiger partial charge in [-0.2, -0.15) is 0 Å². The number of carboxylic acids is 1. The van der Waals surface area contributed by atoms with E-state index in [4.69, 9.17) is 9.84 Å². The van der Waals surface area contributed by atoms with Crippen molar-refractivity contribution in [3.63, 3.8) is 0 Å². The van der Waals surface area contributed by atoms with Crippen LogP contribution in [0.5, 0.6) is 5.75 Å². The fraction of sp³-hybridized carbons (Fsp3) is 0.429. The van der Waals surface area contributed by atoms with Crippen molar-refractivity contribution in [1.29, 1.82) is 0 Å². The summed E-state index contributed by atoms with van der Waals surface area (Å²) < 4.78 is 5.19. The Morgan fingerprint density at radius 1 is 1.46 bits per heavy atom. The zero-order chi connectivity index (χ0) is 17.6. The van der Waals surface area contributed by atoms with Gasteiger partial charge in [-0.3, -0.25) is 24.6 Å². The van der Waals surface area contributed by atoms with Gasteiger partial charge < -0.3 is 15.2 Å². The van der Waals surface area contributed by atoms with Gasteiger partial charge in [-0.15, -0.1) is 12.4 Å². The molecule has 1 amide bonds. The van der Waals surface area contributed by atoms with Crippen molar-refractivity contribution in [1.82, 2.24) is 4.90 Å². The monoisotopic (exact) mass is 361 g/mol. The van der Waals surface area contributed by atoms with Gasteiger partial charge in [-0.05, 0) is 33.0 Å². The van der Waals surface area contributed by atoms with Crippen molar-refractivity contribution < 1.29 is 24.4 Å². The molecule has 0 spiro atoms. The molecule has 1 rings (SSSR count). The Labute approximate surface area is 145 Å². The van der Waals surface area contributed by atoms with Crippen LogP contribution in [0.3, 0.4) is 0 Å². The smallest absolute Gasteiger partial charge is 0.320 e. The number of anilines is 1. The molecule has 0 saturated heterocycles. The highest BCUT2D eigenvalue weighted by Gasteiger charge is 2.21. The van der Waals surface area contributed by atoms with Crippen molar-refractivity contribution >= 4 is 35.7 Å². The number of halogens is 1. The quantitative estimate of drug-likeness (QED) is 0.534. The van der Waals surface area contributed by atoms with Gasteiger partial charge in [0.2, 0.25) is 5.91 Å². The molecule has 1 aromatic rings. The lowest BCUT2D eigenvalue weighted by Crippen LogP contribution is -2.40. The predicted molar refractivity (Wildman–Crippen MR) is 89.9 cm³/mol. The molecule has 1 aromatic carbocycles. The average molecular weight is 362 g/mol. The zero-order valence-corrected chi connectivity index (χ0v) is 14.3. The van der Waals surface area contributed by atoms with Crippen LogP contribution < -0.4 is 10.1 Å². The van der Waals surface area contributed by atoms with Crippen molar-refractivity contribution in [2.24, 2.45) is 0 Å². The molecule has 1 unspecified atom stereocenters. The number of hydrogen-bond acceptors (Lipinski definition) is 6. The number of nitro benzene ring substituents is 1. The second kappa shape index (κ2) is 9.68. The topological polar surface area (TPSA) is 122 Å². The van der Waals surface area contributed by atoms with Crippen LogP contribution in [0, 0.1) is 10.1 Å². The first-order chi connectivity index (χ1) is 10.8. The van der Waals surface area contributed by atoms with Gasteiger partial charge in [-0.1, -0.05) is 0 Å². The third kappa shape index (κ3) is 6.01. The van der Waals surface area contributed by atoms with Crippen LogP contribution in [0.1, 0.15) is 13.8 Å². The van der Waals surface area contributed by atoms with E-state index >= 15 is 0 Å². The van der Waals surface area contributed by atoms with Crippen molar-refractivity contribution in [3.8, 4) is 5.75 Å². The van der Waals surface area contributed by atoms with E-state index in [-0.39, 0.29) is 30.3 Å². The largest absolute Gasteiger partial charge is 0.494 e. The standard InChI is InChI=1S/C14H19N3O6.ClH/c1-4-23-10-5-6-11(12(7-10)17(21)22)15-13(18)8-16(3)9(2)14(19)20;/h5-7,9H,4,8H2,1-3H3,(H,15,18)(H,19,20);1H. The minimum atomic E-state index is -1.06. The Morgan fingerprint density at radius 2 is 2.08 bits per heavy atom. The number of likely N-dealkylation sites (N-methyl/N-ethyl adjacent to an activating group) is 1. The summed E-state index contributed by atoms with van der Waals surface area (Å²) in [7, 11) is 1.48. The van der Waals surface area contributed by atoms with Gasteiger partial charge in [-0.25, -0.2) is 0 Å². The zero-order valence-electron chi connectivity index (χ0n) is 13.5. The van der Waals surface area contributed by atoms with E-state index in [0.29, 0.717) is 12.4 Å². The Hall–Kier alpha value is -2.39. The van der Waals surface area contributed by atoms with Crippen molar-refractivity contribution in [2.75, 3.05) is 25.5 Å². The molecule has 0 aliphatic carbocycles. The van der Waals surface area contributed by atoms with Gasteiger partial charge in [0.15, 0.2) is 0 Å². The number of carbonyl (C=O) groups excluding carboxylic acids is 1. The lowest BCUT2D eigenvalue weighted by Gasteiger charge is -2.20. The number of nitrogens with zero attached hydrogens (tertiary/aromatic N) is 2. The maximum absolute atomic E-state index is 11.9. The van der Waals surface area contributed by atoms with Crippen LogP contribution in [0.2, 0.25) is 0 Å². The second-order valence-corrected chi connectivity index (χ2v) is 4.85. The number of rotatable bonds is 8. The van der Waals surface area contributed by atoms with E-state index in [1.807, 2.05) is 0 Å². The molecular formula is C14H20ClN3O6. The summed E-state index contributed by atoms with van der Waals surface area (Å²) >= 11 is 0. The number of carboxylic acid groups (broad SMARTS) is 1. The highest BCUT2D eigenvalue weighted by atomic mass is 35.5. The van der Waals surface area contributed by atoms with Gasteiger partial charge >= 0.3 is 5.97 Å². The van der Waals surface area contributed by atoms with E-state index in [2.05, 4.69) is 5.32 Å². The first kappa shape index (κ1) is 21.6. The summed E-state index contributed by atoms with van der Waals surface area (Å²) in [5, 5.41) is 22.4. The molecule has 0 aliphatic heterocycles. The van der Waals surface area contributed by atoms with Crippen LogP contribution in [-0.4, -0.2) is 53.0 Å². The van der Waals surface area contributed by atoms with Crippen LogP contribution in [0.4, 0.5) is 11.4 Å². The van der Waals surface area contributed by atoms with E-state index < -0.39 is 22.8 Å². The fourth-order valence-electron chi connectivity index (χ4n) is 1.77. The molecule has 0 heterocycles. The second-order valence-electron chi connectivity index (χ2n) is 4.85. The maximum Gasteiger partial charge on any atom is 0.320 e. The molecule has 0 aromatic heterocycles. The molecule has 134 valence electrons. The molecule has 9 nitrogen and oxygen atoms in total. The number of nitro groups is 1. The first-order valence-corrected chi connectivity index (χ1v) is 6.90. The van der Waals surface area contributed by atoms with Crippen LogP contribution in [0.25, 0.3) is 0 Å². The van der Waals surface area contributed by atoms with E-state index in [1.54, 1.807) is 6.92 Å². The Kier molecular flexibility index (Phi) is 8.72. The molecule has 1 atom stereocenters. The Balaban J connectivity index is 0.00000529. The summed E-state index contributed by atoms with van der Waals surface area (Å²) in [4.78, 5) is 34.6. The minimum Gasteiger partial charge on any atom is -0.494 e. The third-order valence-electron chi connectivity index (χ3n) is 3.16. The number of aliphatic carboxylic acids is 1. The van der Waals surface area contributed by atoms with Gasteiger partial charge in [0.05, 0.1) is 24.1 Å². The van der Waals surface area contributed by atoms with Gasteiger partial charge in [0.25, 0.3) is 5.69 Å². The van der Waals surface area contributed by atoms with Crippen LogP contribution in [-0.2, 0) is 9.59 Å². The number of carbonyl (C=O) groups is 2. The number of hydrogen-bond donors (Lipinski definition) is 2. The maximum atomic E-state index is 11.9. The molecule has 2 N–H and O–H groups in total. The highest BCUT2D eigenvalue weighted by Crippen LogP contribution is 2.29. The van der Waals surface area contributed by atoms with E-state index in [9.17, 15) is 19.7 Å². The summed E-state index contributed by atoms with van der Waals surface area (Å²) in [6.07, 6.45) is 0. The molecule has 0 bridgehead atoms. The minimum absolute atomic E-state index is 0.